The molecule has 4 heteroatoms. The molecule has 0 radical (unpaired) electrons. The van der Waals surface area contributed by atoms with Crippen molar-refractivity contribution in [2.45, 2.75) is 20.8 Å². The first-order valence-electron chi connectivity index (χ1n) is 7.00. The van der Waals surface area contributed by atoms with E-state index in [9.17, 15) is 0 Å². The minimum Gasteiger partial charge on any atom is -0.491 e. The molecule has 4 nitrogen and oxygen atoms in total. The zero-order valence-electron chi connectivity index (χ0n) is 13.0. The van der Waals surface area contributed by atoms with E-state index in [4.69, 9.17) is 18.9 Å². The van der Waals surface area contributed by atoms with Gasteiger partial charge in [0.25, 0.3) is 0 Å². The third-order valence-electron chi connectivity index (χ3n) is 3.05. The molecule has 0 aromatic heterocycles. The molecule has 0 saturated carbocycles. The van der Waals surface area contributed by atoms with Gasteiger partial charge in [0.2, 0.25) is 0 Å². The van der Waals surface area contributed by atoms with Crippen LogP contribution in [0.2, 0.25) is 0 Å². The lowest BCUT2D eigenvalue weighted by atomic mass is 10.1. The molecular formula is C16H26O4. The maximum atomic E-state index is 5.76. The van der Waals surface area contributed by atoms with Gasteiger partial charge in [0.1, 0.15) is 12.4 Å². The van der Waals surface area contributed by atoms with Crippen LogP contribution in [0.4, 0.5) is 0 Å². The summed E-state index contributed by atoms with van der Waals surface area (Å²) in [6.45, 7) is 9.78. The first-order chi connectivity index (χ1) is 9.65. The van der Waals surface area contributed by atoms with Crippen LogP contribution in [0.3, 0.4) is 0 Å². The van der Waals surface area contributed by atoms with Crippen LogP contribution in [0, 0.1) is 20.8 Å². The Morgan fingerprint density at radius 2 is 1.40 bits per heavy atom. The third-order valence-corrected chi connectivity index (χ3v) is 3.05. The van der Waals surface area contributed by atoms with E-state index in [0.29, 0.717) is 39.6 Å². The van der Waals surface area contributed by atoms with E-state index in [1.54, 1.807) is 7.11 Å². The lowest BCUT2D eigenvalue weighted by molar-refractivity contribution is 0.0179. The summed E-state index contributed by atoms with van der Waals surface area (Å²) in [7, 11) is 1.66. The van der Waals surface area contributed by atoms with Crippen molar-refractivity contribution in [1.82, 2.24) is 0 Å². The second kappa shape index (κ2) is 9.75. The van der Waals surface area contributed by atoms with Crippen molar-refractivity contribution in [3.05, 3.63) is 28.8 Å². The molecule has 114 valence electrons. The van der Waals surface area contributed by atoms with Crippen molar-refractivity contribution in [3.63, 3.8) is 0 Å². The number of hydrogen-bond acceptors (Lipinski definition) is 4. The highest BCUT2D eigenvalue weighted by Crippen LogP contribution is 2.23. The van der Waals surface area contributed by atoms with Gasteiger partial charge in [-0.25, -0.2) is 0 Å². The van der Waals surface area contributed by atoms with Crippen LogP contribution in [0.5, 0.6) is 5.75 Å². The molecule has 1 rings (SSSR count). The molecular weight excluding hydrogens is 256 g/mol. The van der Waals surface area contributed by atoms with E-state index in [1.165, 1.54) is 16.7 Å². The van der Waals surface area contributed by atoms with Crippen molar-refractivity contribution in [1.29, 1.82) is 0 Å². The fourth-order valence-electron chi connectivity index (χ4n) is 1.83. The Labute approximate surface area is 122 Å². The van der Waals surface area contributed by atoms with Crippen LogP contribution in [0.25, 0.3) is 0 Å². The molecule has 1 aromatic rings. The Balaban J connectivity index is 2.13. The van der Waals surface area contributed by atoms with Gasteiger partial charge in [0.05, 0.1) is 33.0 Å². The van der Waals surface area contributed by atoms with E-state index in [1.807, 2.05) is 0 Å². The number of benzene rings is 1. The zero-order chi connectivity index (χ0) is 14.8. The molecule has 0 fully saturated rings. The molecule has 0 aliphatic carbocycles. The summed E-state index contributed by atoms with van der Waals surface area (Å²) in [4.78, 5) is 0. The molecule has 0 amide bonds. The molecule has 0 unspecified atom stereocenters. The van der Waals surface area contributed by atoms with Gasteiger partial charge in [-0.3, -0.25) is 0 Å². The second-order valence-electron chi connectivity index (χ2n) is 4.77. The minimum absolute atomic E-state index is 0.557. The summed E-state index contributed by atoms with van der Waals surface area (Å²) < 4.78 is 21.4. The Bertz CT molecular complexity index is 390. The summed E-state index contributed by atoms with van der Waals surface area (Å²) in [6, 6.07) is 4.23. The number of methoxy groups -OCH3 is 1. The molecule has 0 heterocycles. The maximum absolute atomic E-state index is 5.76. The van der Waals surface area contributed by atoms with Crippen LogP contribution in [-0.2, 0) is 14.2 Å². The molecule has 0 saturated heterocycles. The van der Waals surface area contributed by atoms with Crippen LogP contribution in [0.15, 0.2) is 12.1 Å². The molecule has 20 heavy (non-hydrogen) atoms. The molecule has 0 atom stereocenters. The van der Waals surface area contributed by atoms with Gasteiger partial charge in [-0.2, -0.15) is 0 Å². The minimum atomic E-state index is 0.557. The Hall–Kier alpha value is -1.10. The van der Waals surface area contributed by atoms with Crippen molar-refractivity contribution in [2.24, 2.45) is 0 Å². The van der Waals surface area contributed by atoms with Crippen molar-refractivity contribution >= 4 is 0 Å². The topological polar surface area (TPSA) is 36.9 Å². The number of hydrogen-bond donors (Lipinski definition) is 0. The molecule has 1 aromatic carbocycles. The molecule has 0 bridgehead atoms. The molecule has 0 aliphatic heterocycles. The predicted molar refractivity (Wildman–Crippen MR) is 79.7 cm³/mol. The highest BCUT2D eigenvalue weighted by atomic mass is 16.6. The van der Waals surface area contributed by atoms with Crippen molar-refractivity contribution < 1.29 is 18.9 Å². The van der Waals surface area contributed by atoms with E-state index in [-0.39, 0.29) is 0 Å². The maximum Gasteiger partial charge on any atom is 0.122 e. The summed E-state index contributed by atoms with van der Waals surface area (Å²) in [5.41, 5.74) is 3.67. The zero-order valence-corrected chi connectivity index (χ0v) is 13.0. The van der Waals surface area contributed by atoms with Gasteiger partial charge in [-0.15, -0.1) is 0 Å². The lowest BCUT2D eigenvalue weighted by Gasteiger charge is -2.12. The lowest BCUT2D eigenvalue weighted by Crippen LogP contribution is -2.12. The number of rotatable bonds is 10. The third kappa shape index (κ3) is 6.37. The highest BCUT2D eigenvalue weighted by Gasteiger charge is 2.03. The Kier molecular flexibility index (Phi) is 8.26. The summed E-state index contributed by atoms with van der Waals surface area (Å²) in [6.07, 6.45) is 0. The number of aryl methyl sites for hydroxylation is 2. The van der Waals surface area contributed by atoms with E-state index < -0.39 is 0 Å². The van der Waals surface area contributed by atoms with E-state index in [0.717, 1.165) is 5.75 Å². The fourth-order valence-corrected chi connectivity index (χ4v) is 1.83. The predicted octanol–water partition coefficient (Wildman–Crippen LogP) is 2.67. The first-order valence-corrected chi connectivity index (χ1v) is 7.00. The summed E-state index contributed by atoms with van der Waals surface area (Å²) >= 11 is 0. The Morgan fingerprint density at radius 1 is 0.800 bits per heavy atom. The largest absolute Gasteiger partial charge is 0.491 e. The molecule has 0 spiro atoms. The average Bonchev–Trinajstić information content (AvgIpc) is 2.42. The van der Waals surface area contributed by atoms with Crippen molar-refractivity contribution in [3.8, 4) is 5.75 Å². The SMILES string of the molecule is COCCOCCOCCOc1cc(C)cc(C)c1C. The van der Waals surface area contributed by atoms with Gasteiger partial charge in [-0.1, -0.05) is 6.07 Å². The van der Waals surface area contributed by atoms with E-state index in [2.05, 4.69) is 32.9 Å². The highest BCUT2D eigenvalue weighted by molar-refractivity contribution is 5.41. The Morgan fingerprint density at radius 3 is 2.05 bits per heavy atom. The van der Waals surface area contributed by atoms with Gasteiger partial charge < -0.3 is 18.9 Å². The molecule has 0 aliphatic rings. The second-order valence-corrected chi connectivity index (χ2v) is 4.77. The average molecular weight is 282 g/mol. The fraction of sp³-hybridized carbons (Fsp3) is 0.625. The van der Waals surface area contributed by atoms with Gasteiger partial charge in [0, 0.05) is 7.11 Å². The van der Waals surface area contributed by atoms with Crippen LogP contribution in [-0.4, -0.2) is 46.8 Å². The van der Waals surface area contributed by atoms with Gasteiger partial charge in [0.15, 0.2) is 0 Å². The standard InChI is InChI=1S/C16H26O4/c1-13-11-14(2)15(3)16(12-13)20-10-9-19-8-7-18-6-5-17-4/h11-12H,5-10H2,1-4H3. The smallest absolute Gasteiger partial charge is 0.122 e. The van der Waals surface area contributed by atoms with E-state index >= 15 is 0 Å². The summed E-state index contributed by atoms with van der Waals surface area (Å²) in [5.74, 6) is 0.947. The summed E-state index contributed by atoms with van der Waals surface area (Å²) in [5, 5.41) is 0. The van der Waals surface area contributed by atoms with Gasteiger partial charge in [-0.05, 0) is 43.5 Å². The van der Waals surface area contributed by atoms with Crippen LogP contribution < -0.4 is 4.74 Å². The van der Waals surface area contributed by atoms with Crippen LogP contribution in [0.1, 0.15) is 16.7 Å². The number of ether oxygens (including phenoxy) is 4. The van der Waals surface area contributed by atoms with Gasteiger partial charge >= 0.3 is 0 Å². The monoisotopic (exact) mass is 282 g/mol. The molecule has 0 N–H and O–H groups in total. The first kappa shape index (κ1) is 17.0. The quantitative estimate of drug-likeness (QED) is 0.618. The van der Waals surface area contributed by atoms with Crippen molar-refractivity contribution in [2.75, 3.05) is 46.8 Å². The van der Waals surface area contributed by atoms with Crippen LogP contribution >= 0.6 is 0 Å². The normalized spacial score (nSPS) is 10.8.